The number of hydrogen-bond acceptors (Lipinski definition) is 4. The van der Waals surface area contributed by atoms with E-state index in [0.29, 0.717) is 11.7 Å². The Morgan fingerprint density at radius 1 is 1.53 bits per heavy atom. The summed E-state index contributed by atoms with van der Waals surface area (Å²) in [6.07, 6.45) is 0.741. The van der Waals surface area contributed by atoms with Gasteiger partial charge in [0.25, 0.3) is 0 Å². The second kappa shape index (κ2) is 6.34. The lowest BCUT2D eigenvalue weighted by molar-refractivity contribution is -0.115. The Balaban J connectivity index is 2.19. The maximum Gasteiger partial charge on any atom is 0.239 e. The molecular weight excluding hydrogens is 328 g/mol. The zero-order valence-electron chi connectivity index (χ0n) is 10.8. The van der Waals surface area contributed by atoms with Crippen LogP contribution in [0.3, 0.4) is 0 Å². The van der Waals surface area contributed by atoms with E-state index in [9.17, 15) is 4.79 Å². The number of nitrogens with zero attached hydrogens (tertiary/aromatic N) is 1. The average molecular weight is 343 g/mol. The van der Waals surface area contributed by atoms with Gasteiger partial charge in [0.2, 0.25) is 5.91 Å². The van der Waals surface area contributed by atoms with Crippen molar-refractivity contribution in [2.24, 2.45) is 0 Å². The number of halogens is 1. The predicted octanol–water partition coefficient (Wildman–Crippen LogP) is 3.81. The monoisotopic (exact) mass is 342 g/mol. The van der Waals surface area contributed by atoms with E-state index in [1.54, 1.807) is 0 Å². The van der Waals surface area contributed by atoms with E-state index in [-0.39, 0.29) is 10.7 Å². The standard InChI is InChI=1S/C13H15BrN2O2S/c1-3-9(14)12(17)16-13-15-10-6-5-8(18-4-2)7-11(10)19-13/h5-7,9H,3-4H2,1-2H3,(H,15,16,17)/t9-/m1/s1. The van der Waals surface area contributed by atoms with E-state index in [0.717, 1.165) is 22.4 Å². The fourth-order valence-electron chi connectivity index (χ4n) is 1.58. The molecule has 19 heavy (non-hydrogen) atoms. The summed E-state index contributed by atoms with van der Waals surface area (Å²) in [5.41, 5.74) is 0.867. The molecule has 1 aromatic carbocycles. The van der Waals surface area contributed by atoms with E-state index in [1.165, 1.54) is 11.3 Å². The third-order valence-corrected chi connectivity index (χ3v) is 4.54. The summed E-state index contributed by atoms with van der Waals surface area (Å²) < 4.78 is 6.45. The van der Waals surface area contributed by atoms with Crippen LogP contribution in [0.15, 0.2) is 18.2 Å². The molecule has 0 bridgehead atoms. The van der Waals surface area contributed by atoms with E-state index in [4.69, 9.17) is 4.74 Å². The number of benzene rings is 1. The molecule has 0 spiro atoms. The molecule has 4 nitrogen and oxygen atoms in total. The topological polar surface area (TPSA) is 51.2 Å². The Morgan fingerprint density at radius 3 is 3.00 bits per heavy atom. The third kappa shape index (κ3) is 3.45. The molecule has 1 heterocycles. The number of aromatic nitrogens is 1. The molecule has 0 aliphatic heterocycles. The second-order valence-corrected chi connectivity index (χ2v) is 6.08. The SMILES string of the molecule is CCOc1ccc2nc(NC(=O)[C@H](Br)CC)sc2c1. The zero-order chi connectivity index (χ0) is 13.8. The highest BCUT2D eigenvalue weighted by molar-refractivity contribution is 9.10. The molecule has 1 N–H and O–H groups in total. The van der Waals surface area contributed by atoms with Crippen LogP contribution in [0.25, 0.3) is 10.2 Å². The van der Waals surface area contributed by atoms with Crippen molar-refractivity contribution in [2.45, 2.75) is 25.1 Å². The summed E-state index contributed by atoms with van der Waals surface area (Å²) in [4.78, 5) is 16.0. The number of carbonyl (C=O) groups excluding carboxylic acids is 1. The fourth-order valence-corrected chi connectivity index (χ4v) is 2.60. The lowest BCUT2D eigenvalue weighted by Crippen LogP contribution is -2.21. The highest BCUT2D eigenvalue weighted by atomic mass is 79.9. The van der Waals surface area contributed by atoms with Crippen molar-refractivity contribution in [1.29, 1.82) is 0 Å². The maximum atomic E-state index is 11.8. The Hall–Kier alpha value is -1.14. The van der Waals surface area contributed by atoms with Crippen molar-refractivity contribution in [3.8, 4) is 5.75 Å². The van der Waals surface area contributed by atoms with Crippen LogP contribution in [0.2, 0.25) is 0 Å². The number of carbonyl (C=O) groups is 1. The van der Waals surface area contributed by atoms with Crippen molar-refractivity contribution < 1.29 is 9.53 Å². The predicted molar refractivity (Wildman–Crippen MR) is 82.4 cm³/mol. The molecule has 1 atom stereocenters. The van der Waals surface area contributed by atoms with Gasteiger partial charge >= 0.3 is 0 Å². The third-order valence-electron chi connectivity index (χ3n) is 2.54. The molecule has 0 saturated heterocycles. The van der Waals surface area contributed by atoms with Gasteiger partial charge in [0.15, 0.2) is 5.13 Å². The molecule has 0 saturated carbocycles. The molecule has 2 aromatic rings. The molecule has 102 valence electrons. The number of thiazole rings is 1. The summed E-state index contributed by atoms with van der Waals surface area (Å²) in [5, 5.41) is 3.43. The van der Waals surface area contributed by atoms with Crippen molar-refractivity contribution in [3.05, 3.63) is 18.2 Å². The number of amides is 1. The first-order valence-electron chi connectivity index (χ1n) is 6.12. The number of nitrogens with one attached hydrogen (secondary N) is 1. The van der Waals surface area contributed by atoms with E-state index >= 15 is 0 Å². The number of ether oxygens (including phenoxy) is 1. The molecule has 1 amide bonds. The molecule has 6 heteroatoms. The van der Waals surface area contributed by atoms with Crippen molar-refractivity contribution in [1.82, 2.24) is 4.98 Å². The molecular formula is C13H15BrN2O2S. The van der Waals surface area contributed by atoms with Crippen LogP contribution in [0.1, 0.15) is 20.3 Å². The summed E-state index contributed by atoms with van der Waals surface area (Å²) in [6, 6.07) is 5.73. The minimum absolute atomic E-state index is 0.0633. The molecule has 0 radical (unpaired) electrons. The van der Waals surface area contributed by atoms with E-state index in [2.05, 4.69) is 26.2 Å². The Labute approximate surface area is 124 Å². The van der Waals surface area contributed by atoms with Gasteiger partial charge in [-0.2, -0.15) is 0 Å². The van der Waals surface area contributed by atoms with Crippen LogP contribution in [-0.2, 0) is 4.79 Å². The molecule has 0 fully saturated rings. The Kier molecular flexibility index (Phi) is 4.76. The lowest BCUT2D eigenvalue weighted by atomic mass is 10.3. The lowest BCUT2D eigenvalue weighted by Gasteiger charge is -2.04. The fraction of sp³-hybridized carbons (Fsp3) is 0.385. The van der Waals surface area contributed by atoms with Gasteiger partial charge in [-0.15, -0.1) is 0 Å². The molecule has 1 aromatic heterocycles. The number of alkyl halides is 1. The number of anilines is 1. The van der Waals surface area contributed by atoms with E-state index in [1.807, 2.05) is 32.0 Å². The average Bonchev–Trinajstić information content (AvgIpc) is 2.79. The maximum absolute atomic E-state index is 11.8. The Bertz CT molecular complexity index is 585. The number of fused-ring (bicyclic) bond motifs is 1. The smallest absolute Gasteiger partial charge is 0.239 e. The van der Waals surface area contributed by atoms with Gasteiger partial charge in [-0.05, 0) is 31.5 Å². The summed E-state index contributed by atoms with van der Waals surface area (Å²) in [7, 11) is 0. The van der Waals surface area contributed by atoms with Gasteiger partial charge in [-0.1, -0.05) is 34.2 Å². The summed E-state index contributed by atoms with van der Waals surface area (Å²) in [6.45, 7) is 4.53. The van der Waals surface area contributed by atoms with Crippen molar-refractivity contribution in [3.63, 3.8) is 0 Å². The van der Waals surface area contributed by atoms with Gasteiger partial charge in [-0.25, -0.2) is 4.98 Å². The van der Waals surface area contributed by atoms with Gasteiger partial charge in [0.1, 0.15) is 5.75 Å². The van der Waals surface area contributed by atoms with Crippen LogP contribution in [0.5, 0.6) is 5.75 Å². The summed E-state index contributed by atoms with van der Waals surface area (Å²) in [5.74, 6) is 0.759. The first kappa shape index (κ1) is 14.3. The largest absolute Gasteiger partial charge is 0.494 e. The molecule has 0 aliphatic rings. The second-order valence-electron chi connectivity index (χ2n) is 3.95. The molecule has 2 rings (SSSR count). The minimum atomic E-state index is -0.182. The van der Waals surface area contributed by atoms with Gasteiger partial charge in [0.05, 0.1) is 21.7 Å². The van der Waals surface area contributed by atoms with Gasteiger partial charge in [-0.3, -0.25) is 4.79 Å². The van der Waals surface area contributed by atoms with Crippen LogP contribution >= 0.6 is 27.3 Å². The molecule has 0 unspecified atom stereocenters. The van der Waals surface area contributed by atoms with Crippen LogP contribution < -0.4 is 10.1 Å². The highest BCUT2D eigenvalue weighted by Crippen LogP contribution is 2.29. The zero-order valence-corrected chi connectivity index (χ0v) is 13.2. The van der Waals surface area contributed by atoms with Gasteiger partial charge in [0, 0.05) is 0 Å². The number of hydrogen-bond donors (Lipinski definition) is 1. The van der Waals surface area contributed by atoms with Gasteiger partial charge < -0.3 is 10.1 Å². The van der Waals surface area contributed by atoms with Crippen molar-refractivity contribution in [2.75, 3.05) is 11.9 Å². The minimum Gasteiger partial charge on any atom is -0.494 e. The van der Waals surface area contributed by atoms with Crippen LogP contribution in [0.4, 0.5) is 5.13 Å². The quantitative estimate of drug-likeness (QED) is 0.840. The Morgan fingerprint density at radius 2 is 2.32 bits per heavy atom. The van der Waals surface area contributed by atoms with E-state index < -0.39 is 0 Å². The first-order valence-corrected chi connectivity index (χ1v) is 7.85. The summed E-state index contributed by atoms with van der Waals surface area (Å²) >= 11 is 4.77. The first-order chi connectivity index (χ1) is 9.13. The number of rotatable bonds is 5. The normalized spacial score (nSPS) is 12.4. The van der Waals surface area contributed by atoms with Crippen LogP contribution in [0, 0.1) is 0 Å². The van der Waals surface area contributed by atoms with Crippen LogP contribution in [-0.4, -0.2) is 22.3 Å². The van der Waals surface area contributed by atoms with Crippen molar-refractivity contribution >= 4 is 48.5 Å². The highest BCUT2D eigenvalue weighted by Gasteiger charge is 2.14. The molecule has 0 aliphatic carbocycles.